The largest absolute Gasteiger partial charge is 0.308 e. The van der Waals surface area contributed by atoms with Crippen molar-refractivity contribution in [3.8, 4) is 34.0 Å². The van der Waals surface area contributed by atoms with Crippen molar-refractivity contribution in [3.05, 3.63) is 151 Å². The monoisotopic (exact) mass is 632 g/mol. The van der Waals surface area contributed by atoms with Gasteiger partial charge in [0.05, 0.1) is 33.1 Å². The molecule has 3 heterocycles. The fourth-order valence-corrected chi connectivity index (χ4v) is 9.79. The molecule has 3 aromatic heterocycles. The second-order valence-electron chi connectivity index (χ2n) is 12.0. The van der Waals surface area contributed by atoms with Gasteiger partial charge >= 0.3 is 0 Å². The molecule has 0 bridgehead atoms. The molecular weight excluding hydrogens is 609 g/mol. The minimum absolute atomic E-state index is 0.662. The summed E-state index contributed by atoms with van der Waals surface area (Å²) in [6.07, 6.45) is 0. The Morgan fingerprint density at radius 1 is 0.468 bits per heavy atom. The summed E-state index contributed by atoms with van der Waals surface area (Å²) in [5.41, 5.74) is 8.92. The van der Waals surface area contributed by atoms with Gasteiger partial charge in [0.15, 0.2) is 0 Å². The van der Waals surface area contributed by atoms with Crippen LogP contribution in [0.1, 0.15) is 5.56 Å². The van der Waals surface area contributed by atoms with Gasteiger partial charge in [-0.1, -0.05) is 103 Å². The zero-order chi connectivity index (χ0) is 31.1. The molecule has 0 fully saturated rings. The Balaban J connectivity index is 1.32. The van der Waals surface area contributed by atoms with Crippen LogP contribution in [0.25, 0.3) is 90.1 Å². The average molecular weight is 633 g/mol. The van der Waals surface area contributed by atoms with Crippen LogP contribution >= 0.6 is 22.7 Å². The predicted molar refractivity (Wildman–Crippen MR) is 202 cm³/mol. The van der Waals surface area contributed by atoms with Gasteiger partial charge in [-0.2, -0.15) is 5.26 Å². The second-order valence-corrected chi connectivity index (χ2v) is 14.1. The fraction of sp³-hybridized carbons (Fsp3) is 0. The molecule has 0 aliphatic carbocycles. The van der Waals surface area contributed by atoms with Gasteiger partial charge < -0.3 is 4.57 Å². The normalized spacial score (nSPS) is 11.8. The van der Waals surface area contributed by atoms with E-state index in [4.69, 9.17) is 0 Å². The highest BCUT2D eigenvalue weighted by Gasteiger charge is 2.21. The molecular formula is C43H24N2S2. The van der Waals surface area contributed by atoms with E-state index in [0.29, 0.717) is 5.56 Å². The van der Waals surface area contributed by atoms with E-state index in [9.17, 15) is 5.26 Å². The van der Waals surface area contributed by atoms with Gasteiger partial charge in [-0.15, -0.1) is 22.7 Å². The number of nitrogens with zero attached hydrogens (tertiary/aromatic N) is 2. The van der Waals surface area contributed by atoms with Crippen molar-refractivity contribution < 1.29 is 0 Å². The lowest BCUT2D eigenvalue weighted by molar-refractivity contribution is 1.20. The van der Waals surface area contributed by atoms with Gasteiger partial charge in [0.1, 0.15) is 0 Å². The molecule has 218 valence electrons. The van der Waals surface area contributed by atoms with E-state index < -0.39 is 0 Å². The fourth-order valence-electron chi connectivity index (χ4n) is 7.34. The minimum atomic E-state index is 0.662. The van der Waals surface area contributed by atoms with E-state index in [-0.39, 0.29) is 0 Å². The zero-order valence-corrected chi connectivity index (χ0v) is 26.7. The van der Waals surface area contributed by atoms with E-state index in [0.717, 1.165) is 22.1 Å². The Morgan fingerprint density at radius 3 is 2.11 bits per heavy atom. The first-order valence-corrected chi connectivity index (χ1v) is 17.3. The molecule has 4 heteroatoms. The summed E-state index contributed by atoms with van der Waals surface area (Å²) in [6, 6.07) is 54.7. The van der Waals surface area contributed by atoms with Gasteiger partial charge in [-0.3, -0.25) is 0 Å². The summed E-state index contributed by atoms with van der Waals surface area (Å²) >= 11 is 3.72. The lowest BCUT2D eigenvalue weighted by atomic mass is 9.94. The van der Waals surface area contributed by atoms with Crippen LogP contribution in [0.4, 0.5) is 0 Å². The van der Waals surface area contributed by atoms with Crippen molar-refractivity contribution in [1.29, 1.82) is 5.26 Å². The van der Waals surface area contributed by atoms with Crippen LogP contribution in [0.2, 0.25) is 0 Å². The number of fused-ring (bicyclic) bond motifs is 9. The number of hydrogen-bond donors (Lipinski definition) is 0. The molecule has 10 aromatic rings. The molecule has 0 spiro atoms. The van der Waals surface area contributed by atoms with E-state index >= 15 is 0 Å². The number of aromatic nitrogens is 1. The van der Waals surface area contributed by atoms with Crippen molar-refractivity contribution in [3.63, 3.8) is 0 Å². The Morgan fingerprint density at radius 2 is 1.21 bits per heavy atom. The van der Waals surface area contributed by atoms with E-state index in [1.807, 2.05) is 34.8 Å². The van der Waals surface area contributed by atoms with E-state index in [2.05, 4.69) is 144 Å². The quantitative estimate of drug-likeness (QED) is 0.190. The van der Waals surface area contributed by atoms with Crippen molar-refractivity contribution in [2.24, 2.45) is 0 Å². The Kier molecular flexibility index (Phi) is 5.71. The first-order valence-electron chi connectivity index (χ1n) is 15.7. The molecule has 7 aromatic carbocycles. The number of hydrogen-bond acceptors (Lipinski definition) is 3. The van der Waals surface area contributed by atoms with Crippen LogP contribution in [0.15, 0.2) is 146 Å². The van der Waals surface area contributed by atoms with Crippen molar-refractivity contribution in [1.82, 2.24) is 4.57 Å². The first kappa shape index (κ1) is 26.5. The van der Waals surface area contributed by atoms with Gasteiger partial charge in [0.25, 0.3) is 0 Å². The molecule has 0 aliphatic heterocycles. The number of thiophene rings is 2. The van der Waals surface area contributed by atoms with Gasteiger partial charge in [0.2, 0.25) is 0 Å². The van der Waals surface area contributed by atoms with Crippen LogP contribution in [0.5, 0.6) is 0 Å². The third-order valence-electron chi connectivity index (χ3n) is 9.44. The van der Waals surface area contributed by atoms with Crippen LogP contribution < -0.4 is 0 Å². The summed E-state index contributed by atoms with van der Waals surface area (Å²) < 4.78 is 7.51. The van der Waals surface area contributed by atoms with Crippen molar-refractivity contribution in [2.75, 3.05) is 0 Å². The third-order valence-corrected chi connectivity index (χ3v) is 11.9. The number of para-hydroxylation sites is 1. The topological polar surface area (TPSA) is 28.7 Å². The molecule has 0 aliphatic rings. The van der Waals surface area contributed by atoms with Crippen LogP contribution in [-0.2, 0) is 0 Å². The van der Waals surface area contributed by atoms with E-state index in [1.54, 1.807) is 0 Å². The number of nitriles is 1. The van der Waals surface area contributed by atoms with E-state index in [1.165, 1.54) is 68.0 Å². The molecule has 0 atom stereocenters. The Hall–Kier alpha value is -5.73. The summed E-state index contributed by atoms with van der Waals surface area (Å²) in [5, 5.41) is 17.3. The molecule has 47 heavy (non-hydrogen) atoms. The molecule has 0 amide bonds. The SMILES string of the molecule is N#Cc1ccc2c3ccccc3n(-c3cccc4c3sc3c(-c5ccccc5)ccc(-c5ccc6sc7ccccc7c6c5)c34)c2c1. The molecule has 0 saturated carbocycles. The highest BCUT2D eigenvalue weighted by atomic mass is 32.1. The second kappa shape index (κ2) is 10.1. The summed E-state index contributed by atoms with van der Waals surface area (Å²) in [4.78, 5) is 0. The lowest BCUT2D eigenvalue weighted by Gasteiger charge is -2.11. The van der Waals surface area contributed by atoms with Crippen molar-refractivity contribution >= 4 is 84.8 Å². The number of benzene rings is 7. The smallest absolute Gasteiger partial charge is 0.0992 e. The Labute approximate surface area is 278 Å². The van der Waals surface area contributed by atoms with Crippen molar-refractivity contribution in [2.45, 2.75) is 0 Å². The zero-order valence-electron chi connectivity index (χ0n) is 25.1. The molecule has 10 rings (SSSR count). The minimum Gasteiger partial charge on any atom is -0.308 e. The third kappa shape index (κ3) is 3.88. The molecule has 0 saturated heterocycles. The maximum atomic E-state index is 9.83. The standard InChI is InChI=1S/C43H24N2S2/c44-25-26-17-19-32-31-11-4-6-14-36(31)45(38(32)23-26)37-15-8-13-34-41-29(20-21-30(43(41)47-42(34)37)27-9-2-1-3-10-27)28-18-22-40-35(24-28)33-12-5-7-16-39(33)46-40/h1-24H. The highest BCUT2D eigenvalue weighted by molar-refractivity contribution is 7.27. The average Bonchev–Trinajstić information content (AvgIpc) is 3.81. The first-order chi connectivity index (χ1) is 23.3. The lowest BCUT2D eigenvalue weighted by Crippen LogP contribution is -1.94. The number of rotatable bonds is 3. The van der Waals surface area contributed by atoms with Gasteiger partial charge in [-0.05, 0) is 64.7 Å². The van der Waals surface area contributed by atoms with Gasteiger partial charge in [-0.25, -0.2) is 0 Å². The molecule has 0 unspecified atom stereocenters. The van der Waals surface area contributed by atoms with Crippen LogP contribution in [0.3, 0.4) is 0 Å². The predicted octanol–water partition coefficient (Wildman–Crippen LogP) is 12.7. The highest BCUT2D eigenvalue weighted by Crippen LogP contribution is 2.48. The summed E-state index contributed by atoms with van der Waals surface area (Å²) in [5.74, 6) is 0. The molecule has 0 N–H and O–H groups in total. The molecule has 2 nitrogen and oxygen atoms in total. The maximum Gasteiger partial charge on any atom is 0.0992 e. The summed E-state index contributed by atoms with van der Waals surface area (Å²) in [6.45, 7) is 0. The Bertz CT molecular complexity index is 2920. The summed E-state index contributed by atoms with van der Waals surface area (Å²) in [7, 11) is 0. The maximum absolute atomic E-state index is 9.83. The van der Waals surface area contributed by atoms with Gasteiger partial charge in [0, 0.05) is 46.4 Å². The van der Waals surface area contributed by atoms with Crippen LogP contribution in [-0.4, -0.2) is 4.57 Å². The van der Waals surface area contributed by atoms with Crippen LogP contribution in [0, 0.1) is 11.3 Å². The molecule has 0 radical (unpaired) electrons.